The van der Waals surface area contributed by atoms with Crippen LogP contribution >= 0.6 is 0 Å². The predicted octanol–water partition coefficient (Wildman–Crippen LogP) is 2.35. The lowest BCUT2D eigenvalue weighted by atomic mass is 10.2. The van der Waals surface area contributed by atoms with Crippen LogP contribution < -0.4 is 0 Å². The summed E-state index contributed by atoms with van der Waals surface area (Å²) in [6.45, 7) is 2.08. The van der Waals surface area contributed by atoms with Crippen molar-refractivity contribution >= 4 is 10.8 Å². The Bertz CT molecular complexity index is 298. The SMILES string of the molecule is CCCCC(O)CS(=O)c1ccccc1. The van der Waals surface area contributed by atoms with Gasteiger partial charge in [0.1, 0.15) is 0 Å². The molecule has 1 aromatic carbocycles. The number of aliphatic hydroxyl groups excluding tert-OH is 1. The van der Waals surface area contributed by atoms with Crippen LogP contribution in [0, 0.1) is 0 Å². The molecule has 1 aromatic rings. The third-order valence-electron chi connectivity index (χ3n) is 2.24. The van der Waals surface area contributed by atoms with Gasteiger partial charge in [-0.15, -0.1) is 0 Å². The highest BCUT2D eigenvalue weighted by molar-refractivity contribution is 7.85. The van der Waals surface area contributed by atoms with Gasteiger partial charge in [0.25, 0.3) is 0 Å². The summed E-state index contributed by atoms with van der Waals surface area (Å²) < 4.78 is 11.8. The molecule has 0 radical (unpaired) electrons. The lowest BCUT2D eigenvalue weighted by Gasteiger charge is -2.09. The van der Waals surface area contributed by atoms with Gasteiger partial charge in [0.2, 0.25) is 0 Å². The van der Waals surface area contributed by atoms with Gasteiger partial charge in [-0.3, -0.25) is 4.21 Å². The molecule has 0 bridgehead atoms. The molecule has 0 aliphatic carbocycles. The van der Waals surface area contributed by atoms with Gasteiger partial charge in [-0.05, 0) is 18.6 Å². The highest BCUT2D eigenvalue weighted by atomic mass is 32.2. The van der Waals surface area contributed by atoms with E-state index in [4.69, 9.17) is 0 Å². The van der Waals surface area contributed by atoms with E-state index in [-0.39, 0.29) is 0 Å². The minimum Gasteiger partial charge on any atom is -0.392 e. The average Bonchev–Trinajstić information content (AvgIpc) is 2.27. The minimum absolute atomic E-state index is 0.351. The van der Waals surface area contributed by atoms with E-state index in [1.807, 2.05) is 30.3 Å². The molecule has 0 amide bonds. The zero-order chi connectivity index (χ0) is 11.1. The van der Waals surface area contributed by atoms with Gasteiger partial charge in [0.15, 0.2) is 0 Å². The van der Waals surface area contributed by atoms with Gasteiger partial charge in [-0.1, -0.05) is 38.0 Å². The monoisotopic (exact) mass is 226 g/mol. The normalized spacial score (nSPS) is 14.8. The molecule has 0 saturated carbocycles. The van der Waals surface area contributed by atoms with E-state index in [9.17, 15) is 9.32 Å². The second-order valence-electron chi connectivity index (χ2n) is 3.62. The molecule has 2 atom stereocenters. The summed E-state index contributed by atoms with van der Waals surface area (Å²) in [6, 6.07) is 9.30. The van der Waals surface area contributed by atoms with E-state index in [1.165, 1.54) is 0 Å². The summed E-state index contributed by atoms with van der Waals surface area (Å²) in [5, 5.41) is 9.62. The zero-order valence-corrected chi connectivity index (χ0v) is 9.87. The van der Waals surface area contributed by atoms with Gasteiger partial charge >= 0.3 is 0 Å². The fraction of sp³-hybridized carbons (Fsp3) is 0.500. The maximum atomic E-state index is 11.8. The van der Waals surface area contributed by atoms with Crippen LogP contribution in [0.5, 0.6) is 0 Å². The smallest absolute Gasteiger partial charge is 0.0659 e. The zero-order valence-electron chi connectivity index (χ0n) is 9.06. The van der Waals surface area contributed by atoms with Crippen molar-refractivity contribution in [1.82, 2.24) is 0 Å². The molecular weight excluding hydrogens is 208 g/mol. The molecule has 0 aliphatic heterocycles. The Morgan fingerprint density at radius 1 is 1.33 bits per heavy atom. The van der Waals surface area contributed by atoms with Crippen molar-refractivity contribution in [2.45, 2.75) is 37.2 Å². The molecular formula is C12H18O2S. The molecule has 0 heterocycles. The van der Waals surface area contributed by atoms with Crippen LogP contribution in [0.1, 0.15) is 26.2 Å². The highest BCUT2D eigenvalue weighted by Crippen LogP contribution is 2.09. The van der Waals surface area contributed by atoms with Gasteiger partial charge in [-0.25, -0.2) is 0 Å². The van der Waals surface area contributed by atoms with E-state index >= 15 is 0 Å². The summed E-state index contributed by atoms with van der Waals surface area (Å²) in [5.41, 5.74) is 0. The van der Waals surface area contributed by atoms with Crippen LogP contribution in [0.3, 0.4) is 0 Å². The van der Waals surface area contributed by atoms with E-state index < -0.39 is 16.9 Å². The fourth-order valence-corrected chi connectivity index (χ4v) is 2.54. The first-order valence-electron chi connectivity index (χ1n) is 5.35. The van der Waals surface area contributed by atoms with Gasteiger partial charge < -0.3 is 5.11 Å². The van der Waals surface area contributed by atoms with Crippen LogP contribution in [0.15, 0.2) is 35.2 Å². The van der Waals surface area contributed by atoms with E-state index in [1.54, 1.807) is 0 Å². The molecule has 15 heavy (non-hydrogen) atoms. The molecule has 0 spiro atoms. The van der Waals surface area contributed by atoms with Crippen molar-refractivity contribution in [2.75, 3.05) is 5.75 Å². The molecule has 2 nitrogen and oxygen atoms in total. The lowest BCUT2D eigenvalue weighted by Crippen LogP contribution is -2.16. The standard InChI is InChI=1S/C12H18O2S/c1-2-3-7-11(13)10-15(14)12-8-5-4-6-9-12/h4-6,8-9,11,13H,2-3,7,10H2,1H3. The Morgan fingerprint density at radius 2 is 2.00 bits per heavy atom. The highest BCUT2D eigenvalue weighted by Gasteiger charge is 2.10. The molecule has 3 heteroatoms. The van der Waals surface area contributed by atoms with Crippen molar-refractivity contribution < 1.29 is 9.32 Å². The van der Waals surface area contributed by atoms with Crippen molar-refractivity contribution in [1.29, 1.82) is 0 Å². The maximum absolute atomic E-state index is 11.8. The van der Waals surface area contributed by atoms with Gasteiger partial charge in [-0.2, -0.15) is 0 Å². The molecule has 0 aromatic heterocycles. The van der Waals surface area contributed by atoms with Gasteiger partial charge in [0.05, 0.1) is 22.7 Å². The van der Waals surface area contributed by atoms with Crippen molar-refractivity contribution in [3.05, 3.63) is 30.3 Å². The van der Waals surface area contributed by atoms with Gasteiger partial charge in [0, 0.05) is 4.90 Å². The number of unbranched alkanes of at least 4 members (excludes halogenated alkanes) is 1. The largest absolute Gasteiger partial charge is 0.392 e. The minimum atomic E-state index is -1.07. The van der Waals surface area contributed by atoms with Crippen molar-refractivity contribution in [3.63, 3.8) is 0 Å². The Labute approximate surface area is 93.8 Å². The second-order valence-corrected chi connectivity index (χ2v) is 5.12. The van der Waals surface area contributed by atoms with Crippen LogP contribution in [-0.2, 0) is 10.8 Å². The summed E-state index contributed by atoms with van der Waals surface area (Å²) in [5.74, 6) is 0.351. The van der Waals surface area contributed by atoms with Crippen LogP contribution in [0.4, 0.5) is 0 Å². The Hall–Kier alpha value is -0.670. The maximum Gasteiger partial charge on any atom is 0.0659 e. The van der Waals surface area contributed by atoms with E-state index in [0.29, 0.717) is 5.75 Å². The summed E-state index contributed by atoms with van der Waals surface area (Å²) in [7, 11) is -1.07. The fourth-order valence-electron chi connectivity index (χ4n) is 1.37. The predicted molar refractivity (Wildman–Crippen MR) is 63.2 cm³/mol. The third-order valence-corrected chi connectivity index (χ3v) is 3.73. The van der Waals surface area contributed by atoms with Crippen LogP contribution in [0.25, 0.3) is 0 Å². The number of rotatable bonds is 6. The average molecular weight is 226 g/mol. The van der Waals surface area contributed by atoms with Crippen LogP contribution in [0.2, 0.25) is 0 Å². The summed E-state index contributed by atoms with van der Waals surface area (Å²) in [6.07, 6.45) is 2.36. The molecule has 84 valence electrons. The first-order valence-corrected chi connectivity index (χ1v) is 6.67. The second kappa shape index (κ2) is 6.75. The molecule has 2 unspecified atom stereocenters. The first kappa shape index (κ1) is 12.4. The summed E-state index contributed by atoms with van der Waals surface area (Å²) >= 11 is 0. The quantitative estimate of drug-likeness (QED) is 0.808. The molecule has 0 saturated heterocycles. The topological polar surface area (TPSA) is 37.3 Å². The number of hydrogen-bond donors (Lipinski definition) is 1. The Morgan fingerprint density at radius 3 is 2.60 bits per heavy atom. The molecule has 0 aliphatic rings. The van der Waals surface area contributed by atoms with E-state index in [2.05, 4.69) is 6.92 Å². The Balaban J connectivity index is 2.42. The number of benzene rings is 1. The molecule has 1 rings (SSSR count). The molecule has 0 fully saturated rings. The number of aliphatic hydroxyl groups is 1. The van der Waals surface area contributed by atoms with Crippen molar-refractivity contribution in [2.24, 2.45) is 0 Å². The summed E-state index contributed by atoms with van der Waals surface area (Å²) in [4.78, 5) is 0.799. The molecule has 1 N–H and O–H groups in total. The van der Waals surface area contributed by atoms with E-state index in [0.717, 1.165) is 24.2 Å². The first-order chi connectivity index (χ1) is 7.24. The van der Waals surface area contributed by atoms with Crippen molar-refractivity contribution in [3.8, 4) is 0 Å². The van der Waals surface area contributed by atoms with Crippen LogP contribution in [-0.4, -0.2) is 21.2 Å². The lowest BCUT2D eigenvalue weighted by molar-refractivity contribution is 0.185. The third kappa shape index (κ3) is 4.58. The number of hydrogen-bond acceptors (Lipinski definition) is 2. The Kier molecular flexibility index (Phi) is 5.58.